The molecule has 0 aliphatic heterocycles. The SMILES string of the molecule is CCC(C)c1ccccc1NC(=O)NCc1ccc(Cl)cc1. The van der Waals surface area contributed by atoms with Gasteiger partial charge in [0.05, 0.1) is 0 Å². The van der Waals surface area contributed by atoms with Crippen molar-refractivity contribution in [2.24, 2.45) is 0 Å². The normalized spacial score (nSPS) is 11.8. The van der Waals surface area contributed by atoms with Gasteiger partial charge in [0.15, 0.2) is 0 Å². The van der Waals surface area contributed by atoms with Gasteiger partial charge in [-0.15, -0.1) is 0 Å². The van der Waals surface area contributed by atoms with Crippen LogP contribution in [0.3, 0.4) is 0 Å². The number of nitrogens with one attached hydrogen (secondary N) is 2. The summed E-state index contributed by atoms with van der Waals surface area (Å²) in [6, 6.07) is 15.1. The van der Waals surface area contributed by atoms with Crippen LogP contribution < -0.4 is 10.6 Å². The van der Waals surface area contributed by atoms with Crippen molar-refractivity contribution in [3.63, 3.8) is 0 Å². The Morgan fingerprint density at radius 1 is 1.14 bits per heavy atom. The van der Waals surface area contributed by atoms with Crippen LogP contribution in [0.2, 0.25) is 5.02 Å². The number of urea groups is 1. The Morgan fingerprint density at radius 2 is 1.82 bits per heavy atom. The van der Waals surface area contributed by atoms with E-state index in [9.17, 15) is 4.79 Å². The summed E-state index contributed by atoms with van der Waals surface area (Å²) >= 11 is 5.84. The fourth-order valence-electron chi connectivity index (χ4n) is 2.21. The minimum atomic E-state index is -0.203. The zero-order valence-electron chi connectivity index (χ0n) is 12.9. The summed E-state index contributed by atoms with van der Waals surface area (Å²) < 4.78 is 0. The number of hydrogen-bond donors (Lipinski definition) is 2. The van der Waals surface area contributed by atoms with Crippen LogP contribution in [0.5, 0.6) is 0 Å². The number of carbonyl (C=O) groups is 1. The first-order valence-corrected chi connectivity index (χ1v) is 7.86. The van der Waals surface area contributed by atoms with Crippen molar-refractivity contribution in [2.75, 3.05) is 5.32 Å². The molecule has 0 fully saturated rings. The van der Waals surface area contributed by atoms with Crippen LogP contribution in [0.4, 0.5) is 10.5 Å². The molecule has 0 bridgehead atoms. The number of para-hydroxylation sites is 1. The Bertz CT molecular complexity index is 625. The van der Waals surface area contributed by atoms with Gasteiger partial charge < -0.3 is 10.6 Å². The van der Waals surface area contributed by atoms with Crippen LogP contribution in [0, 0.1) is 0 Å². The van der Waals surface area contributed by atoms with Crippen LogP contribution in [0.15, 0.2) is 48.5 Å². The largest absolute Gasteiger partial charge is 0.334 e. The Kier molecular flexibility index (Phi) is 5.84. The lowest BCUT2D eigenvalue weighted by atomic mass is 9.97. The maximum atomic E-state index is 12.1. The van der Waals surface area contributed by atoms with E-state index in [1.54, 1.807) is 0 Å². The molecule has 0 heterocycles. The number of benzene rings is 2. The third kappa shape index (κ3) is 4.50. The van der Waals surface area contributed by atoms with Gasteiger partial charge in [0.1, 0.15) is 0 Å². The zero-order chi connectivity index (χ0) is 15.9. The lowest BCUT2D eigenvalue weighted by molar-refractivity contribution is 0.251. The Labute approximate surface area is 136 Å². The molecule has 2 rings (SSSR count). The summed E-state index contributed by atoms with van der Waals surface area (Å²) in [5.74, 6) is 0.410. The van der Waals surface area contributed by atoms with Crippen LogP contribution in [0.1, 0.15) is 37.3 Å². The lowest BCUT2D eigenvalue weighted by Crippen LogP contribution is -2.28. The first kappa shape index (κ1) is 16.4. The van der Waals surface area contributed by atoms with Crippen molar-refractivity contribution in [1.82, 2.24) is 5.32 Å². The molecule has 116 valence electrons. The van der Waals surface area contributed by atoms with Gasteiger partial charge >= 0.3 is 6.03 Å². The molecule has 2 amide bonds. The first-order chi connectivity index (χ1) is 10.6. The van der Waals surface area contributed by atoms with Crippen LogP contribution in [0.25, 0.3) is 0 Å². The number of amides is 2. The summed E-state index contributed by atoms with van der Waals surface area (Å²) in [5, 5.41) is 6.48. The third-order valence-electron chi connectivity index (χ3n) is 3.72. The Hall–Kier alpha value is -2.00. The molecule has 1 unspecified atom stereocenters. The smallest absolute Gasteiger partial charge is 0.319 e. The quantitative estimate of drug-likeness (QED) is 0.784. The van der Waals surface area contributed by atoms with E-state index in [0.29, 0.717) is 17.5 Å². The molecule has 1 atom stereocenters. The molecule has 2 aromatic carbocycles. The van der Waals surface area contributed by atoms with Crippen molar-refractivity contribution in [1.29, 1.82) is 0 Å². The van der Waals surface area contributed by atoms with E-state index in [1.165, 1.54) is 0 Å². The standard InChI is InChI=1S/C18H21ClN2O/c1-3-13(2)16-6-4-5-7-17(16)21-18(22)20-12-14-8-10-15(19)11-9-14/h4-11,13H,3,12H2,1-2H3,(H2,20,21,22). The highest BCUT2D eigenvalue weighted by Gasteiger charge is 2.10. The summed E-state index contributed by atoms with van der Waals surface area (Å²) in [7, 11) is 0. The number of halogens is 1. The minimum Gasteiger partial charge on any atom is -0.334 e. The third-order valence-corrected chi connectivity index (χ3v) is 3.97. The lowest BCUT2D eigenvalue weighted by Gasteiger charge is -2.16. The topological polar surface area (TPSA) is 41.1 Å². The second kappa shape index (κ2) is 7.85. The van der Waals surface area contributed by atoms with E-state index in [-0.39, 0.29) is 6.03 Å². The molecule has 22 heavy (non-hydrogen) atoms. The van der Waals surface area contributed by atoms with Gasteiger partial charge in [-0.1, -0.05) is 55.8 Å². The maximum absolute atomic E-state index is 12.1. The molecule has 0 spiro atoms. The predicted octanol–water partition coefficient (Wildman–Crippen LogP) is 5.18. The predicted molar refractivity (Wildman–Crippen MR) is 92.5 cm³/mol. The van der Waals surface area contributed by atoms with E-state index < -0.39 is 0 Å². The Balaban J connectivity index is 1.96. The fourth-order valence-corrected chi connectivity index (χ4v) is 2.34. The molecule has 3 nitrogen and oxygen atoms in total. The molecule has 0 saturated carbocycles. The molecule has 0 aliphatic carbocycles. The highest BCUT2D eigenvalue weighted by atomic mass is 35.5. The molecule has 0 saturated heterocycles. The van der Waals surface area contributed by atoms with Crippen molar-refractivity contribution >= 4 is 23.3 Å². The minimum absolute atomic E-state index is 0.203. The number of rotatable bonds is 5. The van der Waals surface area contributed by atoms with Crippen molar-refractivity contribution in [3.05, 3.63) is 64.7 Å². The van der Waals surface area contributed by atoms with Crippen molar-refractivity contribution in [2.45, 2.75) is 32.7 Å². The van der Waals surface area contributed by atoms with Crippen LogP contribution >= 0.6 is 11.6 Å². The monoisotopic (exact) mass is 316 g/mol. The summed E-state index contributed by atoms with van der Waals surface area (Å²) in [6.07, 6.45) is 1.03. The van der Waals surface area contributed by atoms with Gasteiger partial charge in [-0.05, 0) is 41.7 Å². The second-order valence-corrected chi connectivity index (χ2v) is 5.77. The zero-order valence-corrected chi connectivity index (χ0v) is 13.7. The number of hydrogen-bond acceptors (Lipinski definition) is 1. The highest BCUT2D eigenvalue weighted by molar-refractivity contribution is 6.30. The second-order valence-electron chi connectivity index (χ2n) is 5.33. The highest BCUT2D eigenvalue weighted by Crippen LogP contribution is 2.26. The fraction of sp³-hybridized carbons (Fsp3) is 0.278. The van der Waals surface area contributed by atoms with Crippen molar-refractivity contribution < 1.29 is 4.79 Å². The van der Waals surface area contributed by atoms with E-state index in [1.807, 2.05) is 42.5 Å². The molecular weight excluding hydrogens is 296 g/mol. The molecule has 2 aromatic rings. The average molecular weight is 317 g/mol. The van der Waals surface area contributed by atoms with Gasteiger partial charge in [0.2, 0.25) is 0 Å². The summed E-state index contributed by atoms with van der Waals surface area (Å²) in [6.45, 7) is 4.77. The molecule has 4 heteroatoms. The van der Waals surface area contributed by atoms with Gasteiger partial charge in [-0.2, -0.15) is 0 Å². The number of anilines is 1. The molecule has 0 aromatic heterocycles. The van der Waals surface area contributed by atoms with Gasteiger partial charge in [-0.3, -0.25) is 0 Å². The van der Waals surface area contributed by atoms with Gasteiger partial charge in [0, 0.05) is 17.3 Å². The van der Waals surface area contributed by atoms with E-state index in [2.05, 4.69) is 30.5 Å². The molecule has 0 aliphatic rings. The summed E-state index contributed by atoms with van der Waals surface area (Å²) in [4.78, 5) is 12.1. The van der Waals surface area contributed by atoms with Crippen molar-refractivity contribution in [3.8, 4) is 0 Å². The van der Waals surface area contributed by atoms with Gasteiger partial charge in [0.25, 0.3) is 0 Å². The summed E-state index contributed by atoms with van der Waals surface area (Å²) in [5.41, 5.74) is 3.03. The van der Waals surface area contributed by atoms with Crippen LogP contribution in [-0.2, 0) is 6.54 Å². The van der Waals surface area contributed by atoms with Crippen LogP contribution in [-0.4, -0.2) is 6.03 Å². The van der Waals surface area contributed by atoms with E-state index in [0.717, 1.165) is 23.2 Å². The Morgan fingerprint density at radius 3 is 2.50 bits per heavy atom. The number of carbonyl (C=O) groups excluding carboxylic acids is 1. The molecule has 2 N–H and O–H groups in total. The average Bonchev–Trinajstić information content (AvgIpc) is 2.54. The molecular formula is C18H21ClN2O. The van der Waals surface area contributed by atoms with E-state index in [4.69, 9.17) is 11.6 Å². The van der Waals surface area contributed by atoms with Gasteiger partial charge in [-0.25, -0.2) is 4.79 Å². The van der Waals surface area contributed by atoms with E-state index >= 15 is 0 Å². The molecule has 0 radical (unpaired) electrons. The maximum Gasteiger partial charge on any atom is 0.319 e. The first-order valence-electron chi connectivity index (χ1n) is 7.48.